The van der Waals surface area contributed by atoms with Gasteiger partial charge in [0.2, 0.25) is 0 Å². The molecule has 0 radical (unpaired) electrons. The molecule has 1 aliphatic rings. The van der Waals surface area contributed by atoms with Crippen LogP contribution in [-0.4, -0.2) is 49.3 Å². The average molecular weight is 429 g/mol. The van der Waals surface area contributed by atoms with Crippen molar-refractivity contribution in [3.63, 3.8) is 0 Å². The first kappa shape index (κ1) is 20.9. The first-order valence-electron chi connectivity index (χ1n) is 11.8. The maximum atomic E-state index is 4.75. The van der Waals surface area contributed by atoms with Gasteiger partial charge < -0.3 is 4.90 Å². The number of nitrogens with zero attached hydrogens (tertiary/aromatic N) is 5. The van der Waals surface area contributed by atoms with Crippen LogP contribution in [0.25, 0.3) is 28.2 Å². The minimum Gasteiger partial charge on any atom is -0.304 e. The van der Waals surface area contributed by atoms with Crippen molar-refractivity contribution in [3.8, 4) is 22.5 Å². The molecule has 0 unspecified atom stereocenters. The fraction of sp³-hybridized carbons (Fsp3) is 0.423. The molecule has 1 fully saturated rings. The second-order valence-corrected chi connectivity index (χ2v) is 9.29. The number of benzene rings is 1. The molecule has 0 saturated carbocycles. The molecule has 0 bridgehead atoms. The molecule has 6 nitrogen and oxygen atoms in total. The largest absolute Gasteiger partial charge is 0.304 e. The summed E-state index contributed by atoms with van der Waals surface area (Å²) in [6.07, 6.45) is 6.12. The zero-order chi connectivity index (χ0) is 22.2. The van der Waals surface area contributed by atoms with E-state index in [9.17, 15) is 0 Å². The Kier molecular flexibility index (Phi) is 5.55. The highest BCUT2D eigenvalue weighted by Gasteiger charge is 2.22. The molecular formula is C26H32N6. The second-order valence-electron chi connectivity index (χ2n) is 9.29. The van der Waals surface area contributed by atoms with Crippen molar-refractivity contribution in [2.24, 2.45) is 0 Å². The molecule has 5 rings (SSSR count). The number of rotatable bonds is 5. The molecule has 4 heterocycles. The summed E-state index contributed by atoms with van der Waals surface area (Å²) in [6.45, 7) is 12.4. The van der Waals surface area contributed by atoms with E-state index in [1.54, 1.807) is 6.33 Å². The highest BCUT2D eigenvalue weighted by atomic mass is 15.3. The van der Waals surface area contributed by atoms with Crippen LogP contribution in [0.3, 0.4) is 0 Å². The molecular weight excluding hydrogens is 396 g/mol. The van der Waals surface area contributed by atoms with Crippen molar-refractivity contribution in [3.05, 3.63) is 59.5 Å². The fourth-order valence-corrected chi connectivity index (χ4v) is 5.08. The van der Waals surface area contributed by atoms with Gasteiger partial charge >= 0.3 is 0 Å². The Morgan fingerprint density at radius 3 is 2.53 bits per heavy atom. The minimum absolute atomic E-state index is 0.337. The summed E-state index contributed by atoms with van der Waals surface area (Å²) >= 11 is 0. The van der Waals surface area contributed by atoms with Crippen molar-refractivity contribution in [2.75, 3.05) is 19.6 Å². The number of hydrogen-bond acceptors (Lipinski definition) is 4. The number of nitrogens with one attached hydrogen (secondary N) is 1. The van der Waals surface area contributed by atoms with E-state index in [-0.39, 0.29) is 0 Å². The summed E-state index contributed by atoms with van der Waals surface area (Å²) in [6, 6.07) is 11.3. The Bertz CT molecular complexity index is 1210. The van der Waals surface area contributed by atoms with Crippen molar-refractivity contribution >= 4 is 5.65 Å². The van der Waals surface area contributed by atoms with Gasteiger partial charge in [0.25, 0.3) is 0 Å². The SMILES string of the molecule is CCN1CCC(c2ccc(-c3[nH]nc(-c4cc(C)c5ncnn5c4)c3C(C)C)cc2)CC1. The molecule has 3 aromatic heterocycles. The first-order valence-corrected chi connectivity index (χ1v) is 11.8. The van der Waals surface area contributed by atoms with Gasteiger partial charge in [-0.05, 0) is 74.0 Å². The molecule has 166 valence electrons. The average Bonchev–Trinajstić information content (AvgIpc) is 3.47. The third-order valence-corrected chi connectivity index (χ3v) is 6.92. The Labute approximate surface area is 189 Å². The molecule has 6 heteroatoms. The number of aromatic nitrogens is 5. The summed E-state index contributed by atoms with van der Waals surface area (Å²) in [5.74, 6) is 1.01. The summed E-state index contributed by atoms with van der Waals surface area (Å²) in [4.78, 5) is 6.89. The summed E-state index contributed by atoms with van der Waals surface area (Å²) in [7, 11) is 0. The van der Waals surface area contributed by atoms with Gasteiger partial charge in [-0.3, -0.25) is 5.10 Å². The monoisotopic (exact) mass is 428 g/mol. The van der Waals surface area contributed by atoms with Crippen LogP contribution >= 0.6 is 0 Å². The summed E-state index contributed by atoms with van der Waals surface area (Å²) < 4.78 is 1.84. The lowest BCUT2D eigenvalue weighted by atomic mass is 9.88. The fourth-order valence-electron chi connectivity index (χ4n) is 5.08. The van der Waals surface area contributed by atoms with Crippen LogP contribution in [0, 0.1) is 6.92 Å². The maximum absolute atomic E-state index is 4.75. The van der Waals surface area contributed by atoms with Gasteiger partial charge in [0, 0.05) is 17.3 Å². The number of likely N-dealkylation sites (tertiary alicyclic amines) is 1. The van der Waals surface area contributed by atoms with Gasteiger partial charge in [-0.1, -0.05) is 45.0 Å². The third-order valence-electron chi connectivity index (χ3n) is 6.92. The number of piperidine rings is 1. The highest BCUT2D eigenvalue weighted by Crippen LogP contribution is 2.37. The zero-order valence-corrected chi connectivity index (χ0v) is 19.5. The maximum Gasteiger partial charge on any atom is 0.158 e. The molecule has 1 N–H and O–H groups in total. The number of hydrogen-bond donors (Lipinski definition) is 1. The molecule has 1 aliphatic heterocycles. The molecule has 1 saturated heterocycles. The lowest BCUT2D eigenvalue weighted by Gasteiger charge is -2.31. The van der Waals surface area contributed by atoms with Crippen LogP contribution < -0.4 is 0 Å². The normalized spacial score (nSPS) is 15.8. The van der Waals surface area contributed by atoms with Gasteiger partial charge in [0.05, 0.1) is 11.4 Å². The smallest absolute Gasteiger partial charge is 0.158 e. The predicted molar refractivity (Wildman–Crippen MR) is 129 cm³/mol. The molecule has 32 heavy (non-hydrogen) atoms. The molecule has 1 aromatic carbocycles. The van der Waals surface area contributed by atoms with Gasteiger partial charge in [0.1, 0.15) is 6.33 Å². The third kappa shape index (κ3) is 3.73. The molecule has 4 aromatic rings. The van der Waals surface area contributed by atoms with Crippen LogP contribution in [0.1, 0.15) is 62.1 Å². The van der Waals surface area contributed by atoms with E-state index in [0.29, 0.717) is 11.8 Å². The number of aromatic amines is 1. The lowest BCUT2D eigenvalue weighted by Crippen LogP contribution is -2.32. The minimum atomic E-state index is 0.337. The zero-order valence-electron chi connectivity index (χ0n) is 19.5. The van der Waals surface area contributed by atoms with Gasteiger partial charge in [-0.2, -0.15) is 10.2 Å². The van der Waals surface area contributed by atoms with Gasteiger partial charge in [-0.15, -0.1) is 0 Å². The lowest BCUT2D eigenvalue weighted by molar-refractivity contribution is 0.222. The number of pyridine rings is 1. The Hall–Kier alpha value is -2.99. The van der Waals surface area contributed by atoms with E-state index in [4.69, 9.17) is 5.10 Å². The Balaban J connectivity index is 1.47. The van der Waals surface area contributed by atoms with E-state index < -0.39 is 0 Å². The molecule has 0 amide bonds. The first-order chi connectivity index (χ1) is 15.5. The van der Waals surface area contributed by atoms with E-state index >= 15 is 0 Å². The van der Waals surface area contributed by atoms with Crippen LogP contribution in [0.4, 0.5) is 0 Å². The van der Waals surface area contributed by atoms with E-state index in [2.05, 4.69) is 78.1 Å². The van der Waals surface area contributed by atoms with E-state index in [1.165, 1.54) is 42.6 Å². The van der Waals surface area contributed by atoms with Crippen molar-refractivity contribution in [1.29, 1.82) is 0 Å². The van der Waals surface area contributed by atoms with Crippen LogP contribution in [0.2, 0.25) is 0 Å². The van der Waals surface area contributed by atoms with Crippen LogP contribution in [0.15, 0.2) is 42.9 Å². The molecule has 0 aliphatic carbocycles. The van der Waals surface area contributed by atoms with Gasteiger partial charge in [0.15, 0.2) is 5.65 Å². The predicted octanol–water partition coefficient (Wildman–Crippen LogP) is 5.42. The topological polar surface area (TPSA) is 62.1 Å². The van der Waals surface area contributed by atoms with Crippen molar-refractivity contribution in [1.82, 2.24) is 29.7 Å². The number of aryl methyl sites for hydroxylation is 1. The second kappa shape index (κ2) is 8.51. The van der Waals surface area contributed by atoms with E-state index in [1.807, 2.05) is 10.7 Å². The number of fused-ring (bicyclic) bond motifs is 1. The standard InChI is InChI=1S/C26H32N6/c1-5-31-12-10-20(11-13-31)19-6-8-21(9-7-19)24-23(17(2)3)25(30-29-24)22-14-18(4)26-27-16-28-32(26)15-22/h6-9,14-17,20H,5,10-13H2,1-4H3,(H,29,30). The molecule has 0 spiro atoms. The van der Waals surface area contributed by atoms with Crippen LogP contribution in [0.5, 0.6) is 0 Å². The summed E-state index contributed by atoms with van der Waals surface area (Å²) in [5.41, 5.74) is 9.04. The van der Waals surface area contributed by atoms with Crippen molar-refractivity contribution in [2.45, 2.75) is 52.4 Å². The summed E-state index contributed by atoms with van der Waals surface area (Å²) in [5, 5.41) is 12.4. The Morgan fingerprint density at radius 1 is 1.09 bits per heavy atom. The van der Waals surface area contributed by atoms with E-state index in [0.717, 1.165) is 34.7 Å². The Morgan fingerprint density at radius 2 is 1.84 bits per heavy atom. The van der Waals surface area contributed by atoms with Crippen molar-refractivity contribution < 1.29 is 0 Å². The number of H-pyrrole nitrogens is 1. The highest BCUT2D eigenvalue weighted by molar-refractivity contribution is 5.76. The van der Waals surface area contributed by atoms with Gasteiger partial charge in [-0.25, -0.2) is 9.50 Å². The molecule has 0 atom stereocenters. The van der Waals surface area contributed by atoms with Crippen LogP contribution in [-0.2, 0) is 0 Å². The quantitative estimate of drug-likeness (QED) is 0.461.